The van der Waals surface area contributed by atoms with E-state index in [1.165, 1.54) is 0 Å². The third-order valence-electron chi connectivity index (χ3n) is 4.75. The number of imidazole rings is 1. The fourth-order valence-electron chi connectivity index (χ4n) is 3.69. The minimum atomic E-state index is -0.0223. The van der Waals surface area contributed by atoms with Gasteiger partial charge in [-0.3, -0.25) is 4.79 Å². The van der Waals surface area contributed by atoms with Crippen molar-refractivity contribution in [3.8, 4) is 11.4 Å². The number of nitrogens with zero attached hydrogens (tertiary/aromatic N) is 5. The molecule has 3 rings (SSSR count). The highest BCUT2D eigenvalue weighted by molar-refractivity contribution is 5.99. The van der Waals surface area contributed by atoms with E-state index in [0.717, 1.165) is 39.5 Å². The van der Waals surface area contributed by atoms with Gasteiger partial charge in [0.15, 0.2) is 11.6 Å². The average molecular weight is 337 g/mol. The first-order valence-corrected chi connectivity index (χ1v) is 8.31. The van der Waals surface area contributed by atoms with Crippen molar-refractivity contribution >= 4 is 5.78 Å². The van der Waals surface area contributed by atoms with Crippen molar-refractivity contribution in [1.82, 2.24) is 24.3 Å². The van der Waals surface area contributed by atoms with Gasteiger partial charge in [0, 0.05) is 30.6 Å². The molecule has 0 saturated carbocycles. The molecule has 0 radical (unpaired) electrons. The molecular formula is C19H23N5O. The van der Waals surface area contributed by atoms with Gasteiger partial charge in [0.05, 0.1) is 6.04 Å². The van der Waals surface area contributed by atoms with Gasteiger partial charge in [-0.2, -0.15) is 0 Å². The van der Waals surface area contributed by atoms with E-state index in [1.54, 1.807) is 19.4 Å². The first-order valence-electron chi connectivity index (χ1n) is 8.31. The maximum Gasteiger partial charge on any atom is 0.160 e. The third-order valence-corrected chi connectivity index (χ3v) is 4.75. The molecule has 0 N–H and O–H groups in total. The maximum atomic E-state index is 12.1. The number of rotatable bonds is 4. The molecule has 6 nitrogen and oxygen atoms in total. The van der Waals surface area contributed by atoms with E-state index >= 15 is 0 Å². The number of carbonyl (C=O) groups excluding carboxylic acids is 1. The molecule has 0 aliphatic carbocycles. The fourth-order valence-corrected chi connectivity index (χ4v) is 3.69. The SMILES string of the molecule is CC(=O)c1c(C)cc(C)c(-c2nccn2[C@H](C)c2nncn2C)c1C. The van der Waals surface area contributed by atoms with Crippen LogP contribution in [0.3, 0.4) is 0 Å². The Morgan fingerprint density at radius 1 is 1.20 bits per heavy atom. The van der Waals surface area contributed by atoms with Gasteiger partial charge < -0.3 is 9.13 Å². The standard InChI is InChI=1S/C19H23N5O/c1-11-9-12(2)17(13(3)16(11)15(5)25)19-20-7-8-24(19)14(4)18-22-21-10-23(18)6/h7-10,14H,1-6H3/t14-/m1/s1. The number of ketones is 1. The molecule has 0 bridgehead atoms. The monoisotopic (exact) mass is 337 g/mol. The second-order valence-corrected chi connectivity index (χ2v) is 6.58. The van der Waals surface area contributed by atoms with Crippen LogP contribution in [0.15, 0.2) is 24.8 Å². The van der Waals surface area contributed by atoms with E-state index < -0.39 is 0 Å². The van der Waals surface area contributed by atoms with Gasteiger partial charge in [-0.15, -0.1) is 10.2 Å². The van der Waals surface area contributed by atoms with E-state index in [-0.39, 0.29) is 11.8 Å². The lowest BCUT2D eigenvalue weighted by Gasteiger charge is -2.20. The number of Topliss-reactive ketones (excluding diaryl/α,β-unsaturated/α-hetero) is 1. The van der Waals surface area contributed by atoms with Crippen LogP contribution in [0.25, 0.3) is 11.4 Å². The Morgan fingerprint density at radius 3 is 2.52 bits per heavy atom. The smallest absolute Gasteiger partial charge is 0.160 e. The van der Waals surface area contributed by atoms with E-state index in [0.29, 0.717) is 0 Å². The largest absolute Gasteiger partial charge is 0.321 e. The highest BCUT2D eigenvalue weighted by Gasteiger charge is 2.22. The van der Waals surface area contributed by atoms with Crippen LogP contribution in [0, 0.1) is 20.8 Å². The predicted molar refractivity (Wildman–Crippen MR) is 96.7 cm³/mol. The van der Waals surface area contributed by atoms with Gasteiger partial charge in [-0.05, 0) is 51.3 Å². The van der Waals surface area contributed by atoms with Gasteiger partial charge in [-0.1, -0.05) is 6.07 Å². The molecule has 2 heterocycles. The Kier molecular flexibility index (Phi) is 4.29. The van der Waals surface area contributed by atoms with Crippen molar-refractivity contribution < 1.29 is 4.79 Å². The minimum Gasteiger partial charge on any atom is -0.321 e. The summed E-state index contributed by atoms with van der Waals surface area (Å²) in [5, 5.41) is 8.20. The summed E-state index contributed by atoms with van der Waals surface area (Å²) in [5.74, 6) is 1.78. The Hall–Kier alpha value is -2.76. The number of aryl methyl sites for hydroxylation is 3. The Balaban J connectivity index is 2.20. The molecular weight excluding hydrogens is 314 g/mol. The maximum absolute atomic E-state index is 12.1. The van der Waals surface area contributed by atoms with Crippen molar-refractivity contribution in [3.05, 3.63) is 52.9 Å². The predicted octanol–water partition coefficient (Wildman–Crippen LogP) is 3.42. The van der Waals surface area contributed by atoms with Crippen LogP contribution in [0.4, 0.5) is 0 Å². The van der Waals surface area contributed by atoms with Crippen molar-refractivity contribution in [2.75, 3.05) is 0 Å². The van der Waals surface area contributed by atoms with Crippen molar-refractivity contribution in [3.63, 3.8) is 0 Å². The minimum absolute atomic E-state index is 0.0223. The fraction of sp³-hybridized carbons (Fsp3) is 0.368. The summed E-state index contributed by atoms with van der Waals surface area (Å²) in [6, 6.07) is 2.04. The molecule has 0 aliphatic heterocycles. The van der Waals surface area contributed by atoms with Crippen molar-refractivity contribution in [2.45, 2.75) is 40.7 Å². The zero-order valence-corrected chi connectivity index (χ0v) is 15.5. The van der Waals surface area contributed by atoms with Gasteiger partial charge >= 0.3 is 0 Å². The average Bonchev–Trinajstić information content (AvgIpc) is 3.14. The molecule has 3 aromatic rings. The summed E-state index contributed by atoms with van der Waals surface area (Å²) >= 11 is 0. The summed E-state index contributed by atoms with van der Waals surface area (Å²) in [6.07, 6.45) is 5.42. The first-order chi connectivity index (χ1) is 11.8. The number of aromatic nitrogens is 5. The Morgan fingerprint density at radius 2 is 1.92 bits per heavy atom. The summed E-state index contributed by atoms with van der Waals surface area (Å²) in [6.45, 7) is 9.72. The summed E-state index contributed by atoms with van der Waals surface area (Å²) in [7, 11) is 1.93. The Bertz CT molecular complexity index is 951. The number of hydrogen-bond donors (Lipinski definition) is 0. The molecule has 0 saturated heterocycles. The van der Waals surface area contributed by atoms with Crippen LogP contribution < -0.4 is 0 Å². The Labute approximate surface area is 147 Å². The molecule has 0 amide bonds. The van der Waals surface area contributed by atoms with Gasteiger partial charge in [-0.25, -0.2) is 4.98 Å². The summed E-state index contributed by atoms with van der Waals surface area (Å²) in [4.78, 5) is 16.7. The quantitative estimate of drug-likeness (QED) is 0.684. The second kappa shape index (κ2) is 6.27. The molecule has 25 heavy (non-hydrogen) atoms. The van der Waals surface area contributed by atoms with Crippen molar-refractivity contribution in [2.24, 2.45) is 7.05 Å². The summed E-state index contributed by atoms with van der Waals surface area (Å²) < 4.78 is 3.99. The molecule has 6 heteroatoms. The molecule has 0 aliphatic rings. The molecule has 0 spiro atoms. The van der Waals surface area contributed by atoms with Crippen LogP contribution in [0.2, 0.25) is 0 Å². The third kappa shape index (κ3) is 2.77. The lowest BCUT2D eigenvalue weighted by Crippen LogP contribution is -2.14. The number of hydrogen-bond acceptors (Lipinski definition) is 4. The van der Waals surface area contributed by atoms with Gasteiger partial charge in [0.2, 0.25) is 0 Å². The number of benzene rings is 1. The highest BCUT2D eigenvalue weighted by Crippen LogP contribution is 2.33. The van der Waals surface area contributed by atoms with E-state index in [4.69, 9.17) is 0 Å². The summed E-state index contributed by atoms with van der Waals surface area (Å²) in [5.41, 5.74) is 4.88. The van der Waals surface area contributed by atoms with E-state index in [2.05, 4.69) is 39.7 Å². The topological polar surface area (TPSA) is 65.6 Å². The van der Waals surface area contributed by atoms with E-state index in [9.17, 15) is 4.79 Å². The normalized spacial score (nSPS) is 12.4. The highest BCUT2D eigenvalue weighted by atomic mass is 16.1. The molecule has 1 aromatic carbocycles. The lowest BCUT2D eigenvalue weighted by molar-refractivity contribution is 0.101. The van der Waals surface area contributed by atoms with Crippen LogP contribution in [0.5, 0.6) is 0 Å². The molecule has 0 fully saturated rings. The zero-order valence-electron chi connectivity index (χ0n) is 15.5. The van der Waals surface area contributed by atoms with Crippen molar-refractivity contribution in [1.29, 1.82) is 0 Å². The molecule has 0 unspecified atom stereocenters. The lowest BCUT2D eigenvalue weighted by atomic mass is 9.91. The number of carbonyl (C=O) groups is 1. The van der Waals surface area contributed by atoms with Crippen LogP contribution >= 0.6 is 0 Å². The van der Waals surface area contributed by atoms with Crippen LogP contribution in [-0.2, 0) is 7.05 Å². The van der Waals surface area contributed by atoms with Gasteiger partial charge in [0.1, 0.15) is 12.2 Å². The molecule has 1 atom stereocenters. The second-order valence-electron chi connectivity index (χ2n) is 6.58. The van der Waals surface area contributed by atoms with Crippen LogP contribution in [0.1, 0.15) is 52.8 Å². The first kappa shape index (κ1) is 17.1. The molecule has 130 valence electrons. The van der Waals surface area contributed by atoms with E-state index in [1.807, 2.05) is 31.7 Å². The zero-order chi connectivity index (χ0) is 18.3. The van der Waals surface area contributed by atoms with Crippen LogP contribution in [-0.4, -0.2) is 30.1 Å². The molecule has 2 aromatic heterocycles. The van der Waals surface area contributed by atoms with Gasteiger partial charge in [0.25, 0.3) is 0 Å².